The topological polar surface area (TPSA) is 41.8 Å². The highest BCUT2D eigenvalue weighted by atomic mass is 79.9. The normalized spacial score (nSPS) is 13.8. The molecule has 0 aliphatic rings. The number of halogens is 12. The summed E-state index contributed by atoms with van der Waals surface area (Å²) >= 11 is 2.76. The van der Waals surface area contributed by atoms with E-state index in [1.54, 1.807) is 0 Å². The lowest BCUT2D eigenvalue weighted by Crippen LogP contribution is -2.50. The molecule has 0 radical (unpaired) electrons. The van der Waals surface area contributed by atoms with Gasteiger partial charge in [0, 0.05) is 16.5 Å². The van der Waals surface area contributed by atoms with Crippen LogP contribution < -0.4 is 5.73 Å². The van der Waals surface area contributed by atoms with Crippen molar-refractivity contribution in [3.05, 3.63) is 51.7 Å². The van der Waals surface area contributed by atoms with Crippen LogP contribution in [0.5, 0.6) is 0 Å². The predicted octanol–water partition coefficient (Wildman–Crippen LogP) is 7.63. The number of hydrogen-bond donors (Lipinski definition) is 2. The summed E-state index contributed by atoms with van der Waals surface area (Å²) in [7, 11) is 0. The van der Waals surface area contributed by atoms with E-state index in [1.165, 1.54) is 6.07 Å². The molecule has 2 nitrogen and oxygen atoms in total. The van der Waals surface area contributed by atoms with Gasteiger partial charge in [0.2, 0.25) is 0 Å². The minimum atomic E-state index is -6.63. The first-order valence-corrected chi connectivity index (χ1v) is 9.00. The van der Waals surface area contributed by atoms with E-state index in [9.17, 15) is 48.3 Å². The van der Waals surface area contributed by atoms with Crippen molar-refractivity contribution in [3.63, 3.8) is 0 Å². The van der Waals surface area contributed by atoms with Crippen LogP contribution in [0.4, 0.5) is 54.0 Å². The van der Waals surface area contributed by atoms with Crippen molar-refractivity contribution in [2.75, 3.05) is 5.73 Å². The third-order valence-electron chi connectivity index (χ3n) is 4.63. The van der Waals surface area contributed by atoms with Gasteiger partial charge in [0.05, 0.1) is 26.9 Å². The Labute approximate surface area is 179 Å². The molecule has 0 aliphatic heterocycles. The number of nitrogens with one attached hydrogen (secondary N) is 1. The maximum absolute atomic E-state index is 14.5. The van der Waals surface area contributed by atoms with E-state index in [0.29, 0.717) is 0 Å². The zero-order valence-corrected chi connectivity index (χ0v) is 16.6. The Morgan fingerprint density at radius 1 is 0.844 bits per heavy atom. The molecule has 32 heavy (non-hydrogen) atoms. The molecule has 0 unspecified atom stereocenters. The lowest BCUT2D eigenvalue weighted by Gasteiger charge is -2.30. The van der Waals surface area contributed by atoms with Gasteiger partial charge >= 0.3 is 24.2 Å². The highest BCUT2D eigenvalue weighted by Gasteiger charge is 2.73. The van der Waals surface area contributed by atoms with Crippen molar-refractivity contribution in [3.8, 4) is 11.3 Å². The molecule has 0 amide bonds. The Morgan fingerprint density at radius 3 is 1.91 bits per heavy atom. The van der Waals surface area contributed by atoms with E-state index < -0.39 is 79.5 Å². The van der Waals surface area contributed by atoms with Gasteiger partial charge in [-0.25, -0.2) is 8.78 Å². The molecule has 0 spiro atoms. The molecule has 1 aromatic heterocycles. The standard InChI is InChI=1S/C18H8BrF11N2/c19-11-8-4-6(15(21,17(25,26)27)18(28,29)30)5-9(16(22,23)24)13(8)32-14(11)7-2-1-3-10(31)12(7)20/h1-5,32H,31H2. The number of H-pyrrole nitrogens is 1. The van der Waals surface area contributed by atoms with Crippen molar-refractivity contribution in [1.29, 1.82) is 0 Å². The summed E-state index contributed by atoms with van der Waals surface area (Å²) in [5.41, 5.74) is -7.37. The van der Waals surface area contributed by atoms with Crippen molar-refractivity contribution >= 4 is 32.5 Å². The SMILES string of the molecule is Nc1cccc(-c2[nH]c3c(C(F)(F)F)cc(C(F)(C(F)(F)F)C(F)(F)F)cc3c2Br)c1F. The van der Waals surface area contributed by atoms with Gasteiger partial charge < -0.3 is 10.7 Å². The van der Waals surface area contributed by atoms with E-state index in [-0.39, 0.29) is 6.07 Å². The number of aromatic amines is 1. The van der Waals surface area contributed by atoms with Crippen LogP contribution in [-0.2, 0) is 11.8 Å². The largest absolute Gasteiger partial charge is 0.435 e. The molecule has 1 heterocycles. The first-order valence-electron chi connectivity index (χ1n) is 8.21. The first-order chi connectivity index (χ1) is 14.4. The molecule has 14 heteroatoms. The molecule has 0 atom stereocenters. The van der Waals surface area contributed by atoms with Gasteiger partial charge in [0.15, 0.2) is 5.82 Å². The van der Waals surface area contributed by atoms with Crippen molar-refractivity contribution in [2.45, 2.75) is 24.2 Å². The molecule has 0 aliphatic carbocycles. The Bertz CT molecular complexity index is 1170. The highest BCUT2D eigenvalue weighted by Crippen LogP contribution is 2.55. The zero-order chi connectivity index (χ0) is 24.4. The summed E-state index contributed by atoms with van der Waals surface area (Å²) in [6.07, 6.45) is -18.8. The summed E-state index contributed by atoms with van der Waals surface area (Å²) in [5, 5.41) is -0.887. The molecule has 0 saturated heterocycles. The molecule has 174 valence electrons. The number of rotatable bonds is 2. The van der Waals surface area contributed by atoms with E-state index >= 15 is 0 Å². The number of alkyl halides is 10. The lowest BCUT2D eigenvalue weighted by atomic mass is 9.91. The van der Waals surface area contributed by atoms with Crippen molar-refractivity contribution in [1.82, 2.24) is 4.98 Å². The van der Waals surface area contributed by atoms with Crippen LogP contribution in [0, 0.1) is 5.82 Å². The maximum Gasteiger partial charge on any atom is 0.435 e. The quantitative estimate of drug-likeness (QED) is 0.255. The number of benzene rings is 2. The second-order valence-electron chi connectivity index (χ2n) is 6.62. The second-order valence-corrected chi connectivity index (χ2v) is 7.41. The molecule has 3 rings (SSSR count). The fourth-order valence-corrected chi connectivity index (χ4v) is 3.73. The Morgan fingerprint density at radius 2 is 1.41 bits per heavy atom. The highest BCUT2D eigenvalue weighted by molar-refractivity contribution is 9.10. The van der Waals surface area contributed by atoms with Crippen molar-refractivity contribution in [2.24, 2.45) is 0 Å². The second kappa shape index (κ2) is 7.25. The fraction of sp³-hybridized carbons (Fsp3) is 0.222. The van der Waals surface area contributed by atoms with Gasteiger partial charge in [0.1, 0.15) is 0 Å². The third kappa shape index (κ3) is 3.57. The van der Waals surface area contributed by atoms with E-state index in [4.69, 9.17) is 5.73 Å². The van der Waals surface area contributed by atoms with Gasteiger partial charge in [-0.05, 0) is 40.2 Å². The number of aromatic nitrogens is 1. The molecular formula is C18H8BrF11N2. The smallest absolute Gasteiger partial charge is 0.396 e. The Hall–Kier alpha value is -2.51. The maximum atomic E-state index is 14.5. The van der Waals surface area contributed by atoms with Gasteiger partial charge in [0.25, 0.3) is 0 Å². The zero-order valence-electron chi connectivity index (χ0n) is 15.0. The minimum Gasteiger partial charge on any atom is -0.396 e. The van der Waals surface area contributed by atoms with Crippen LogP contribution >= 0.6 is 15.9 Å². The van der Waals surface area contributed by atoms with Gasteiger partial charge in [-0.2, -0.15) is 39.5 Å². The summed E-state index contributed by atoms with van der Waals surface area (Å²) in [5.74, 6) is -1.11. The number of fused-ring (bicyclic) bond motifs is 1. The molecule has 0 bridgehead atoms. The molecule has 0 saturated carbocycles. The molecule has 3 aromatic rings. The predicted molar refractivity (Wildman–Crippen MR) is 95.7 cm³/mol. The fourth-order valence-electron chi connectivity index (χ4n) is 3.10. The lowest BCUT2D eigenvalue weighted by molar-refractivity contribution is -0.348. The first kappa shape index (κ1) is 24.1. The molecular weight excluding hydrogens is 533 g/mol. The average Bonchev–Trinajstić information content (AvgIpc) is 2.96. The van der Waals surface area contributed by atoms with Crippen LogP contribution in [0.15, 0.2) is 34.8 Å². The Kier molecular flexibility index (Phi) is 5.47. The molecule has 0 fully saturated rings. The van der Waals surface area contributed by atoms with E-state index in [2.05, 4.69) is 20.9 Å². The summed E-state index contributed by atoms with van der Waals surface area (Å²) < 4.78 is 148. The van der Waals surface area contributed by atoms with Gasteiger partial charge in [-0.3, -0.25) is 0 Å². The number of anilines is 1. The van der Waals surface area contributed by atoms with Crippen LogP contribution in [0.2, 0.25) is 0 Å². The van der Waals surface area contributed by atoms with Crippen LogP contribution in [0.1, 0.15) is 11.1 Å². The molecule has 3 N–H and O–H groups in total. The van der Waals surface area contributed by atoms with Crippen molar-refractivity contribution < 1.29 is 48.3 Å². The number of nitrogen functional groups attached to an aromatic ring is 1. The minimum absolute atomic E-state index is 0.0279. The molecule has 2 aromatic carbocycles. The number of hydrogen-bond acceptors (Lipinski definition) is 1. The third-order valence-corrected chi connectivity index (χ3v) is 5.45. The van der Waals surface area contributed by atoms with Crippen LogP contribution in [0.3, 0.4) is 0 Å². The van der Waals surface area contributed by atoms with Gasteiger partial charge in [-0.15, -0.1) is 0 Å². The van der Waals surface area contributed by atoms with Crippen LogP contribution in [-0.4, -0.2) is 17.3 Å². The summed E-state index contributed by atoms with van der Waals surface area (Å²) in [6, 6.07) is 2.77. The summed E-state index contributed by atoms with van der Waals surface area (Å²) in [6.45, 7) is 0. The summed E-state index contributed by atoms with van der Waals surface area (Å²) in [4.78, 5) is 2.13. The van der Waals surface area contributed by atoms with E-state index in [0.717, 1.165) is 12.1 Å². The Balaban J connectivity index is 2.46. The number of nitrogens with two attached hydrogens (primary N) is 1. The van der Waals surface area contributed by atoms with Crippen LogP contribution in [0.25, 0.3) is 22.2 Å². The monoisotopic (exact) mass is 540 g/mol. The average molecular weight is 541 g/mol. The van der Waals surface area contributed by atoms with E-state index in [1.807, 2.05) is 0 Å². The van der Waals surface area contributed by atoms with Gasteiger partial charge in [-0.1, -0.05) is 6.07 Å².